The number of amides is 1. The molecule has 4 aromatic rings. The zero-order chi connectivity index (χ0) is 19.5. The highest BCUT2D eigenvalue weighted by Gasteiger charge is 2.13. The lowest BCUT2D eigenvalue weighted by atomic mass is 10.2. The van der Waals surface area contributed by atoms with Gasteiger partial charge in [0.15, 0.2) is 5.76 Å². The molecule has 4 rings (SSSR count). The molecule has 142 valence electrons. The first-order valence-electron chi connectivity index (χ1n) is 8.53. The molecule has 0 aliphatic heterocycles. The first kappa shape index (κ1) is 17.5. The lowest BCUT2D eigenvalue weighted by Gasteiger charge is -2.07. The lowest BCUT2D eigenvalue weighted by molar-refractivity contribution is -0.122. The topological polar surface area (TPSA) is 104 Å². The number of nitrogens with zero attached hydrogens (tertiary/aromatic N) is 4. The van der Waals surface area contributed by atoms with Crippen LogP contribution in [-0.4, -0.2) is 32.4 Å². The molecule has 0 saturated heterocycles. The van der Waals surface area contributed by atoms with Gasteiger partial charge in [0.2, 0.25) is 5.91 Å². The number of carbonyl (C=O) groups excluding carboxylic acids is 1. The molecular weight excluding hydrogens is 362 g/mol. The minimum absolute atomic E-state index is 0.188. The van der Waals surface area contributed by atoms with Crippen molar-refractivity contribution in [2.24, 2.45) is 0 Å². The predicted octanol–water partition coefficient (Wildman–Crippen LogP) is 1.48. The molecule has 3 aromatic heterocycles. The van der Waals surface area contributed by atoms with E-state index < -0.39 is 5.56 Å². The van der Waals surface area contributed by atoms with Gasteiger partial charge in [-0.2, -0.15) is 10.2 Å². The Morgan fingerprint density at radius 3 is 2.79 bits per heavy atom. The smallest absolute Gasteiger partial charge is 0.293 e. The van der Waals surface area contributed by atoms with Gasteiger partial charge in [-0.15, -0.1) is 0 Å². The Kier molecular flexibility index (Phi) is 4.63. The minimum Gasteiger partial charge on any atom is -0.497 e. The molecule has 1 aromatic carbocycles. The maximum atomic E-state index is 12.6. The molecule has 0 spiro atoms. The summed E-state index contributed by atoms with van der Waals surface area (Å²) in [6, 6.07) is 12.4. The third-order valence-corrected chi connectivity index (χ3v) is 4.21. The van der Waals surface area contributed by atoms with Gasteiger partial charge >= 0.3 is 0 Å². The van der Waals surface area contributed by atoms with Gasteiger partial charge in [0.05, 0.1) is 13.4 Å². The van der Waals surface area contributed by atoms with Crippen LogP contribution in [-0.2, 0) is 17.9 Å². The Balaban J connectivity index is 1.47. The van der Waals surface area contributed by atoms with Gasteiger partial charge < -0.3 is 14.5 Å². The molecule has 3 heterocycles. The van der Waals surface area contributed by atoms with E-state index >= 15 is 0 Å². The van der Waals surface area contributed by atoms with E-state index in [9.17, 15) is 9.59 Å². The fraction of sp³-hybridized carbons (Fsp3) is 0.158. The van der Waals surface area contributed by atoms with Crippen LogP contribution >= 0.6 is 0 Å². The van der Waals surface area contributed by atoms with E-state index in [-0.39, 0.29) is 12.5 Å². The lowest BCUT2D eigenvalue weighted by Crippen LogP contribution is -2.34. The molecule has 0 unspecified atom stereocenters. The van der Waals surface area contributed by atoms with Crippen molar-refractivity contribution in [3.05, 3.63) is 71.0 Å². The molecule has 0 aliphatic carbocycles. The van der Waals surface area contributed by atoms with E-state index in [0.29, 0.717) is 23.5 Å². The van der Waals surface area contributed by atoms with Crippen LogP contribution in [0.4, 0.5) is 0 Å². The summed E-state index contributed by atoms with van der Waals surface area (Å²) in [7, 11) is 1.59. The van der Waals surface area contributed by atoms with Crippen LogP contribution in [0.5, 0.6) is 5.75 Å². The number of nitrogens with one attached hydrogen (secondary N) is 1. The number of methoxy groups -OCH3 is 1. The summed E-state index contributed by atoms with van der Waals surface area (Å²) in [5, 5.41) is 11.0. The second-order valence-electron chi connectivity index (χ2n) is 6.06. The average Bonchev–Trinajstić information content (AvgIpc) is 3.39. The summed E-state index contributed by atoms with van der Waals surface area (Å²) < 4.78 is 12.9. The first-order chi connectivity index (χ1) is 13.6. The van der Waals surface area contributed by atoms with Crippen molar-refractivity contribution in [1.29, 1.82) is 0 Å². The summed E-state index contributed by atoms with van der Waals surface area (Å²) in [5.41, 5.74) is 1.34. The molecule has 0 fully saturated rings. The predicted molar refractivity (Wildman–Crippen MR) is 99.8 cm³/mol. The number of benzene rings is 1. The van der Waals surface area contributed by atoms with E-state index in [1.807, 2.05) is 24.3 Å². The van der Waals surface area contributed by atoms with Crippen molar-refractivity contribution in [2.75, 3.05) is 7.11 Å². The quantitative estimate of drug-likeness (QED) is 0.544. The van der Waals surface area contributed by atoms with Crippen LogP contribution in [0.1, 0.15) is 5.56 Å². The Hall–Kier alpha value is -3.88. The fourth-order valence-electron chi connectivity index (χ4n) is 2.73. The SMILES string of the molecule is COc1ccc(CNC(=O)Cn2ncn3nc(-c4ccco4)cc3c2=O)cc1. The normalized spacial score (nSPS) is 10.9. The summed E-state index contributed by atoms with van der Waals surface area (Å²) in [4.78, 5) is 24.8. The number of rotatable bonds is 6. The maximum absolute atomic E-state index is 12.6. The standard InChI is InChI=1S/C19H17N5O4/c1-27-14-6-4-13(5-7-14)10-20-18(25)11-23-19(26)16-9-15(17-3-2-8-28-17)22-24(16)12-21-23/h2-9,12H,10-11H2,1H3,(H,20,25). The molecule has 0 aliphatic rings. The number of aromatic nitrogens is 4. The van der Waals surface area contributed by atoms with Crippen molar-refractivity contribution in [3.8, 4) is 17.2 Å². The molecule has 28 heavy (non-hydrogen) atoms. The summed E-state index contributed by atoms with van der Waals surface area (Å²) in [6.45, 7) is 0.155. The van der Waals surface area contributed by atoms with Crippen molar-refractivity contribution in [1.82, 2.24) is 24.7 Å². The monoisotopic (exact) mass is 379 g/mol. The molecule has 9 nitrogen and oxygen atoms in total. The largest absolute Gasteiger partial charge is 0.497 e. The second kappa shape index (κ2) is 7.39. The van der Waals surface area contributed by atoms with E-state index in [2.05, 4.69) is 15.5 Å². The van der Waals surface area contributed by atoms with Gasteiger partial charge in [0, 0.05) is 12.6 Å². The van der Waals surface area contributed by atoms with Crippen LogP contribution in [0, 0.1) is 0 Å². The molecule has 0 radical (unpaired) electrons. The Morgan fingerprint density at radius 1 is 1.25 bits per heavy atom. The van der Waals surface area contributed by atoms with Crippen LogP contribution in [0.25, 0.3) is 17.0 Å². The Morgan fingerprint density at radius 2 is 2.07 bits per heavy atom. The van der Waals surface area contributed by atoms with E-state index in [4.69, 9.17) is 9.15 Å². The van der Waals surface area contributed by atoms with E-state index in [1.165, 1.54) is 17.1 Å². The molecule has 9 heteroatoms. The number of hydrogen-bond acceptors (Lipinski definition) is 6. The number of carbonyl (C=O) groups is 1. The van der Waals surface area contributed by atoms with Gasteiger partial charge in [-0.1, -0.05) is 12.1 Å². The van der Waals surface area contributed by atoms with Crippen LogP contribution in [0.15, 0.2) is 64.3 Å². The molecule has 1 N–H and O–H groups in total. The van der Waals surface area contributed by atoms with Crippen molar-refractivity contribution in [3.63, 3.8) is 0 Å². The van der Waals surface area contributed by atoms with Crippen molar-refractivity contribution in [2.45, 2.75) is 13.1 Å². The first-order valence-corrected chi connectivity index (χ1v) is 8.53. The maximum Gasteiger partial charge on any atom is 0.293 e. The van der Waals surface area contributed by atoms with Gasteiger partial charge in [0.1, 0.15) is 29.8 Å². The highest BCUT2D eigenvalue weighted by atomic mass is 16.5. The molecule has 0 bridgehead atoms. The molecular formula is C19H17N5O4. The third kappa shape index (κ3) is 3.50. The molecule has 0 saturated carbocycles. The Bertz CT molecular complexity index is 1160. The van der Waals surface area contributed by atoms with Crippen molar-refractivity contribution < 1.29 is 13.9 Å². The summed E-state index contributed by atoms with van der Waals surface area (Å²) in [5.74, 6) is 0.973. The summed E-state index contributed by atoms with van der Waals surface area (Å²) >= 11 is 0. The zero-order valence-corrected chi connectivity index (χ0v) is 15.0. The zero-order valence-electron chi connectivity index (χ0n) is 15.0. The second-order valence-corrected chi connectivity index (χ2v) is 6.06. The van der Waals surface area contributed by atoms with Gasteiger partial charge in [-0.25, -0.2) is 9.20 Å². The summed E-state index contributed by atoms with van der Waals surface area (Å²) in [6.07, 6.45) is 2.92. The number of ether oxygens (including phenoxy) is 1. The highest BCUT2D eigenvalue weighted by molar-refractivity contribution is 5.75. The van der Waals surface area contributed by atoms with Crippen molar-refractivity contribution >= 4 is 11.4 Å². The average molecular weight is 379 g/mol. The fourth-order valence-corrected chi connectivity index (χ4v) is 2.73. The number of fused-ring (bicyclic) bond motifs is 1. The van der Waals surface area contributed by atoms with Crippen LogP contribution in [0.2, 0.25) is 0 Å². The number of furan rings is 1. The van der Waals surface area contributed by atoms with Gasteiger partial charge in [-0.3, -0.25) is 9.59 Å². The minimum atomic E-state index is -0.410. The van der Waals surface area contributed by atoms with Gasteiger partial charge in [0.25, 0.3) is 5.56 Å². The van der Waals surface area contributed by atoms with Crippen LogP contribution < -0.4 is 15.6 Å². The number of hydrogen-bond donors (Lipinski definition) is 1. The third-order valence-electron chi connectivity index (χ3n) is 4.21. The van der Waals surface area contributed by atoms with E-state index in [1.54, 1.807) is 25.3 Å². The molecule has 0 atom stereocenters. The highest BCUT2D eigenvalue weighted by Crippen LogP contribution is 2.18. The van der Waals surface area contributed by atoms with Crippen LogP contribution in [0.3, 0.4) is 0 Å². The Labute approximate surface area is 159 Å². The van der Waals surface area contributed by atoms with Gasteiger partial charge in [-0.05, 0) is 29.8 Å². The molecule has 1 amide bonds. The van der Waals surface area contributed by atoms with E-state index in [0.717, 1.165) is 16.0 Å².